The smallest absolute Gasteiger partial charge is 0.233 e. The van der Waals surface area contributed by atoms with Gasteiger partial charge in [-0.3, -0.25) is 9.59 Å². The van der Waals surface area contributed by atoms with Crippen LogP contribution in [-0.4, -0.2) is 11.8 Å². The lowest BCUT2D eigenvalue weighted by Crippen LogP contribution is -2.28. The van der Waals surface area contributed by atoms with Crippen LogP contribution in [0.4, 0.5) is 5.69 Å². The zero-order chi connectivity index (χ0) is 16.8. The van der Waals surface area contributed by atoms with Gasteiger partial charge in [0.05, 0.1) is 0 Å². The number of hydrogen-bond donors (Lipinski definition) is 2. The number of hydrogen-bond acceptors (Lipinski definition) is 2. The van der Waals surface area contributed by atoms with Crippen molar-refractivity contribution in [2.75, 3.05) is 5.32 Å². The molecule has 0 saturated heterocycles. The Morgan fingerprint density at radius 3 is 2.48 bits per heavy atom. The minimum absolute atomic E-state index is 0.224. The van der Waals surface area contributed by atoms with Gasteiger partial charge in [0.1, 0.15) is 6.42 Å². The third kappa shape index (κ3) is 4.83. The van der Waals surface area contributed by atoms with Crippen molar-refractivity contribution in [1.82, 2.24) is 5.32 Å². The summed E-state index contributed by atoms with van der Waals surface area (Å²) in [7, 11) is 0. The number of carbonyl (C=O) groups excluding carboxylic acids is 2. The number of benzene rings is 2. The first kappa shape index (κ1) is 17.0. The van der Waals surface area contributed by atoms with Crippen molar-refractivity contribution >= 4 is 29.1 Å². The molecule has 0 aliphatic rings. The number of nitrogens with one attached hydrogen (secondary N) is 2. The van der Waals surface area contributed by atoms with Crippen LogP contribution in [0.3, 0.4) is 0 Å². The second-order valence-corrected chi connectivity index (χ2v) is 5.75. The summed E-state index contributed by atoms with van der Waals surface area (Å²) < 4.78 is 0. The Morgan fingerprint density at radius 2 is 1.74 bits per heavy atom. The lowest BCUT2D eigenvalue weighted by molar-refractivity contribution is -0.126. The highest BCUT2D eigenvalue weighted by Crippen LogP contribution is 2.22. The average molecular weight is 331 g/mol. The second kappa shape index (κ2) is 7.79. The summed E-state index contributed by atoms with van der Waals surface area (Å²) in [6.07, 6.45) is -0.224. The quantitative estimate of drug-likeness (QED) is 0.823. The fraction of sp³-hybridized carbons (Fsp3) is 0.222. The van der Waals surface area contributed by atoms with Crippen molar-refractivity contribution in [2.45, 2.75) is 26.8 Å². The molecule has 2 amide bonds. The first-order chi connectivity index (χ1) is 11.0. The summed E-state index contributed by atoms with van der Waals surface area (Å²) >= 11 is 6.00. The SMILES string of the molecule is Cc1ccccc1CNC(=O)CC(=O)Nc1cccc(Cl)c1C. The van der Waals surface area contributed by atoms with Crippen molar-refractivity contribution in [3.8, 4) is 0 Å². The highest BCUT2D eigenvalue weighted by atomic mass is 35.5. The van der Waals surface area contributed by atoms with Gasteiger partial charge in [0.25, 0.3) is 0 Å². The Bertz CT molecular complexity index is 729. The largest absolute Gasteiger partial charge is 0.352 e. The topological polar surface area (TPSA) is 58.2 Å². The summed E-state index contributed by atoms with van der Waals surface area (Å²) in [5.74, 6) is -0.678. The molecule has 0 fully saturated rings. The van der Waals surface area contributed by atoms with Gasteiger partial charge < -0.3 is 10.6 Å². The van der Waals surface area contributed by atoms with Gasteiger partial charge in [-0.25, -0.2) is 0 Å². The van der Waals surface area contributed by atoms with Crippen LogP contribution in [0.25, 0.3) is 0 Å². The first-order valence-corrected chi connectivity index (χ1v) is 7.71. The van der Waals surface area contributed by atoms with E-state index < -0.39 is 0 Å². The summed E-state index contributed by atoms with van der Waals surface area (Å²) in [6.45, 7) is 4.21. The van der Waals surface area contributed by atoms with Gasteiger partial charge in [0.2, 0.25) is 11.8 Å². The molecule has 0 heterocycles. The van der Waals surface area contributed by atoms with Crippen LogP contribution in [0.1, 0.15) is 23.1 Å². The Hall–Kier alpha value is -2.33. The molecule has 0 atom stereocenters. The summed E-state index contributed by atoms with van der Waals surface area (Å²) in [5, 5.41) is 6.04. The molecule has 0 unspecified atom stereocenters. The Kier molecular flexibility index (Phi) is 5.77. The van der Waals surface area contributed by atoms with Gasteiger partial charge in [0, 0.05) is 17.3 Å². The molecule has 0 radical (unpaired) electrons. The molecule has 0 aromatic heterocycles. The molecular weight excluding hydrogens is 312 g/mol. The van der Waals surface area contributed by atoms with E-state index in [4.69, 9.17) is 11.6 Å². The molecule has 0 saturated carbocycles. The molecule has 4 nitrogen and oxygen atoms in total. The van der Waals surface area contributed by atoms with E-state index in [1.165, 1.54) is 0 Å². The maximum atomic E-state index is 11.9. The van der Waals surface area contributed by atoms with Gasteiger partial charge in [-0.15, -0.1) is 0 Å². The van der Waals surface area contributed by atoms with E-state index in [2.05, 4.69) is 10.6 Å². The van der Waals surface area contributed by atoms with E-state index >= 15 is 0 Å². The van der Waals surface area contributed by atoms with E-state index in [0.29, 0.717) is 17.3 Å². The van der Waals surface area contributed by atoms with Gasteiger partial charge in [-0.2, -0.15) is 0 Å². The van der Waals surface area contributed by atoms with Crippen molar-refractivity contribution in [3.05, 3.63) is 64.2 Å². The van der Waals surface area contributed by atoms with Crippen molar-refractivity contribution in [2.24, 2.45) is 0 Å². The molecule has 2 N–H and O–H groups in total. The number of carbonyl (C=O) groups is 2. The van der Waals surface area contributed by atoms with Crippen LogP contribution in [0.5, 0.6) is 0 Å². The molecule has 2 aromatic carbocycles. The zero-order valence-electron chi connectivity index (χ0n) is 13.2. The minimum Gasteiger partial charge on any atom is -0.352 e. The molecule has 120 valence electrons. The number of amides is 2. The van der Waals surface area contributed by atoms with E-state index in [1.807, 2.05) is 38.1 Å². The summed E-state index contributed by atoms with van der Waals surface area (Å²) in [5.41, 5.74) is 3.54. The van der Waals surface area contributed by atoms with Crippen molar-refractivity contribution in [3.63, 3.8) is 0 Å². The predicted octanol–water partition coefficient (Wildman–Crippen LogP) is 3.60. The fourth-order valence-corrected chi connectivity index (χ4v) is 2.32. The highest BCUT2D eigenvalue weighted by molar-refractivity contribution is 6.31. The van der Waals surface area contributed by atoms with Crippen LogP contribution in [-0.2, 0) is 16.1 Å². The number of rotatable bonds is 5. The zero-order valence-corrected chi connectivity index (χ0v) is 13.9. The fourth-order valence-electron chi connectivity index (χ4n) is 2.15. The van der Waals surface area contributed by atoms with Crippen LogP contribution in [0, 0.1) is 13.8 Å². The maximum absolute atomic E-state index is 11.9. The number of halogens is 1. The molecule has 23 heavy (non-hydrogen) atoms. The summed E-state index contributed by atoms with van der Waals surface area (Å²) in [4.78, 5) is 23.8. The van der Waals surface area contributed by atoms with Gasteiger partial charge in [0.15, 0.2) is 0 Å². The van der Waals surface area contributed by atoms with E-state index in [-0.39, 0.29) is 18.2 Å². The van der Waals surface area contributed by atoms with Crippen LogP contribution >= 0.6 is 11.6 Å². The molecule has 0 aliphatic heterocycles. The van der Waals surface area contributed by atoms with Crippen molar-refractivity contribution in [1.29, 1.82) is 0 Å². The van der Waals surface area contributed by atoms with Crippen molar-refractivity contribution < 1.29 is 9.59 Å². The molecule has 0 aliphatic carbocycles. The monoisotopic (exact) mass is 330 g/mol. The number of anilines is 1. The maximum Gasteiger partial charge on any atom is 0.233 e. The van der Waals surface area contributed by atoms with E-state index in [9.17, 15) is 9.59 Å². The lowest BCUT2D eigenvalue weighted by atomic mass is 10.1. The average Bonchev–Trinajstić information content (AvgIpc) is 2.51. The third-order valence-corrected chi connectivity index (χ3v) is 4.01. The normalized spacial score (nSPS) is 10.2. The van der Waals surface area contributed by atoms with Crippen LogP contribution in [0.15, 0.2) is 42.5 Å². The van der Waals surface area contributed by atoms with Crippen LogP contribution in [0.2, 0.25) is 5.02 Å². The van der Waals surface area contributed by atoms with Crippen LogP contribution < -0.4 is 10.6 Å². The predicted molar refractivity (Wildman–Crippen MR) is 92.5 cm³/mol. The van der Waals surface area contributed by atoms with E-state index in [1.54, 1.807) is 18.2 Å². The summed E-state index contributed by atoms with van der Waals surface area (Å²) in [6, 6.07) is 13.1. The second-order valence-electron chi connectivity index (χ2n) is 5.34. The molecule has 0 bridgehead atoms. The standard InChI is InChI=1S/C18H19ClN2O2/c1-12-6-3-4-7-14(12)11-20-17(22)10-18(23)21-16-9-5-8-15(19)13(16)2/h3-9H,10-11H2,1-2H3,(H,20,22)(H,21,23). The Morgan fingerprint density at radius 1 is 1.00 bits per heavy atom. The van der Waals surface area contributed by atoms with Gasteiger partial charge >= 0.3 is 0 Å². The third-order valence-electron chi connectivity index (χ3n) is 3.60. The highest BCUT2D eigenvalue weighted by Gasteiger charge is 2.11. The van der Waals surface area contributed by atoms with Gasteiger partial charge in [-0.05, 0) is 42.7 Å². The molecule has 5 heteroatoms. The molecular formula is C18H19ClN2O2. The lowest BCUT2D eigenvalue weighted by Gasteiger charge is -2.10. The first-order valence-electron chi connectivity index (χ1n) is 7.33. The van der Waals surface area contributed by atoms with Gasteiger partial charge in [-0.1, -0.05) is 41.9 Å². The molecule has 2 aromatic rings. The minimum atomic E-state index is -0.363. The number of aryl methyl sites for hydroxylation is 1. The Balaban J connectivity index is 1.86. The molecule has 0 spiro atoms. The Labute approximate surface area is 140 Å². The van der Waals surface area contributed by atoms with E-state index in [0.717, 1.165) is 16.7 Å². The molecule has 2 rings (SSSR count).